The Morgan fingerprint density at radius 2 is 1.85 bits per heavy atom. The van der Waals surface area contributed by atoms with Crippen LogP contribution in [0, 0.1) is 6.92 Å². The lowest BCUT2D eigenvalue weighted by Gasteiger charge is -2.19. The molecule has 1 N–H and O–H groups in total. The van der Waals surface area contributed by atoms with E-state index < -0.39 is 28.7 Å². The molecule has 0 aliphatic rings. The number of nitrogens with one attached hydrogen (secondary N) is 1. The van der Waals surface area contributed by atoms with Crippen molar-refractivity contribution in [3.63, 3.8) is 0 Å². The average Bonchev–Trinajstić information content (AvgIpc) is 2.76. The molecule has 11 heteroatoms. The Morgan fingerprint density at radius 3 is 2.55 bits per heavy atom. The number of anilines is 2. The number of hydrazone groups is 1. The molecule has 0 unspecified atom stereocenters. The van der Waals surface area contributed by atoms with Crippen LogP contribution >= 0.6 is 0 Å². The quantitative estimate of drug-likeness (QED) is 0.279. The van der Waals surface area contributed by atoms with Gasteiger partial charge in [0.15, 0.2) is 6.61 Å². The van der Waals surface area contributed by atoms with Gasteiger partial charge in [-0.1, -0.05) is 30.3 Å². The second-order valence-corrected chi connectivity index (χ2v) is 9.12. The lowest BCUT2D eigenvalue weighted by atomic mass is 10.1. The number of rotatable bonds is 9. The molecule has 176 valence electrons. The van der Waals surface area contributed by atoms with E-state index in [0.717, 1.165) is 22.0 Å². The summed E-state index contributed by atoms with van der Waals surface area (Å²) >= 11 is 0. The third-order valence-electron chi connectivity index (χ3n) is 4.73. The van der Waals surface area contributed by atoms with Gasteiger partial charge in [-0.15, -0.1) is 0 Å². The molecule has 0 radical (unpaired) electrons. The molecule has 1 heterocycles. The van der Waals surface area contributed by atoms with Crippen molar-refractivity contribution >= 4 is 38.7 Å². The third kappa shape index (κ3) is 7.43. The topological polar surface area (TPSA) is 83.9 Å². The molecule has 0 amide bonds. The maximum Gasteiger partial charge on any atom is 0.413 e. The summed E-state index contributed by atoms with van der Waals surface area (Å²) in [5.41, 5.74) is 6.34. The zero-order valence-corrected chi connectivity index (χ0v) is 18.8. The van der Waals surface area contributed by atoms with Crippen molar-refractivity contribution in [2.45, 2.75) is 13.1 Å². The Morgan fingerprint density at radius 1 is 1.15 bits per heavy atom. The van der Waals surface area contributed by atoms with Gasteiger partial charge in [-0.2, -0.15) is 26.7 Å². The molecule has 3 rings (SSSR count). The third-order valence-corrected chi connectivity index (χ3v) is 5.89. The van der Waals surface area contributed by atoms with Gasteiger partial charge in [-0.25, -0.2) is 4.98 Å². The summed E-state index contributed by atoms with van der Waals surface area (Å²) in [6.45, 7) is 0.152. The molecular formula is C22H23F3N4O3S. The molecule has 7 nitrogen and oxygen atoms in total. The number of hydrogen-bond acceptors (Lipinski definition) is 7. The largest absolute Gasteiger partial charge is 0.413 e. The molecule has 0 aliphatic carbocycles. The predicted molar refractivity (Wildman–Crippen MR) is 123 cm³/mol. The standard InChI is InChI=1S/C22H23F3N4O3S/c1-16-13-21(27-20-6-4-3-5-19(16)20)28-26-14-17-7-9-18(10-8-17)29(2)11-12-33(30,31)32-15-22(23,24)25/h3-10,13-14H,11-12,15H2,1-2H3,(H,27,28). The van der Waals surface area contributed by atoms with Crippen molar-refractivity contribution in [1.29, 1.82) is 0 Å². The number of halogens is 3. The Hall–Kier alpha value is -3.18. The first-order chi connectivity index (χ1) is 15.5. The zero-order valence-electron chi connectivity index (χ0n) is 18.0. The molecule has 0 atom stereocenters. The highest BCUT2D eigenvalue weighted by atomic mass is 32.2. The van der Waals surface area contributed by atoms with Crippen molar-refractivity contribution in [2.75, 3.05) is 36.3 Å². The van der Waals surface area contributed by atoms with Crippen LogP contribution in [0.1, 0.15) is 11.1 Å². The van der Waals surface area contributed by atoms with Crippen LogP contribution in [0.2, 0.25) is 0 Å². The number of aryl methyl sites for hydroxylation is 1. The van der Waals surface area contributed by atoms with Gasteiger partial charge in [-0.05, 0) is 42.3 Å². The number of aromatic nitrogens is 1. The van der Waals surface area contributed by atoms with Gasteiger partial charge >= 0.3 is 6.18 Å². The molecule has 0 bridgehead atoms. The van der Waals surface area contributed by atoms with Gasteiger partial charge in [0.2, 0.25) is 0 Å². The molecule has 0 aliphatic heterocycles. The molecule has 0 spiro atoms. The van der Waals surface area contributed by atoms with Crippen molar-refractivity contribution in [3.8, 4) is 0 Å². The maximum atomic E-state index is 12.1. The minimum atomic E-state index is -4.70. The van der Waals surface area contributed by atoms with Gasteiger partial charge in [0.05, 0.1) is 17.5 Å². The van der Waals surface area contributed by atoms with Crippen molar-refractivity contribution in [3.05, 3.63) is 65.7 Å². The lowest BCUT2D eigenvalue weighted by Crippen LogP contribution is -2.28. The van der Waals surface area contributed by atoms with Crippen molar-refractivity contribution in [1.82, 2.24) is 4.98 Å². The first kappa shape index (κ1) is 24.5. The fraction of sp³-hybridized carbons (Fsp3) is 0.273. The minimum Gasteiger partial charge on any atom is -0.373 e. The number of para-hydroxylation sites is 1. The van der Waals surface area contributed by atoms with Crippen LogP contribution in [0.3, 0.4) is 0 Å². The SMILES string of the molecule is Cc1cc(NN=Cc2ccc(N(C)CCS(=O)(=O)OCC(F)(F)F)cc2)nc2ccccc12. The van der Waals surface area contributed by atoms with Crippen LogP contribution in [0.25, 0.3) is 10.9 Å². The Balaban J connectivity index is 1.55. The van der Waals surface area contributed by atoms with E-state index in [0.29, 0.717) is 11.5 Å². The Kier molecular flexibility index (Phi) is 7.54. The van der Waals surface area contributed by atoms with Gasteiger partial charge < -0.3 is 4.90 Å². The van der Waals surface area contributed by atoms with Crippen molar-refractivity contribution < 1.29 is 25.8 Å². The lowest BCUT2D eigenvalue weighted by molar-refractivity contribution is -0.152. The van der Waals surface area contributed by atoms with E-state index in [9.17, 15) is 21.6 Å². The van der Waals surface area contributed by atoms with E-state index in [1.807, 2.05) is 37.3 Å². The van der Waals surface area contributed by atoms with Crippen LogP contribution < -0.4 is 10.3 Å². The monoisotopic (exact) mass is 480 g/mol. The first-order valence-electron chi connectivity index (χ1n) is 9.93. The fourth-order valence-corrected chi connectivity index (χ4v) is 3.92. The molecule has 1 aromatic heterocycles. The molecule has 0 fully saturated rings. The zero-order chi connectivity index (χ0) is 24.1. The average molecular weight is 481 g/mol. The summed E-state index contributed by atoms with van der Waals surface area (Å²) in [6.07, 6.45) is -3.08. The number of hydrogen-bond donors (Lipinski definition) is 1. The molecule has 3 aromatic rings. The van der Waals surface area contributed by atoms with E-state index in [1.54, 1.807) is 42.4 Å². The Bertz CT molecular complexity index is 1230. The van der Waals surface area contributed by atoms with E-state index in [2.05, 4.69) is 19.7 Å². The summed E-state index contributed by atoms with van der Waals surface area (Å²) in [7, 11) is -2.64. The second-order valence-electron chi connectivity index (χ2n) is 7.36. The van der Waals surface area contributed by atoms with Crippen LogP contribution in [-0.4, -0.2) is 51.7 Å². The smallest absolute Gasteiger partial charge is 0.373 e. The van der Waals surface area contributed by atoms with E-state index in [-0.39, 0.29) is 6.54 Å². The molecular weight excluding hydrogens is 457 g/mol. The number of pyridine rings is 1. The number of benzene rings is 2. The maximum absolute atomic E-state index is 12.1. The highest BCUT2D eigenvalue weighted by Crippen LogP contribution is 2.20. The summed E-state index contributed by atoms with van der Waals surface area (Å²) in [5, 5.41) is 5.28. The molecule has 33 heavy (non-hydrogen) atoms. The first-order valence-corrected chi connectivity index (χ1v) is 11.5. The normalized spacial score (nSPS) is 12.4. The minimum absolute atomic E-state index is 0.0256. The summed E-state index contributed by atoms with van der Waals surface area (Å²) in [5.74, 6) is 0.0537. The van der Waals surface area contributed by atoms with Gasteiger partial charge in [0, 0.05) is 24.7 Å². The van der Waals surface area contributed by atoms with Crippen LogP contribution in [0.5, 0.6) is 0 Å². The van der Waals surface area contributed by atoms with E-state index in [4.69, 9.17) is 0 Å². The fourth-order valence-electron chi connectivity index (χ4n) is 2.99. The second kappa shape index (κ2) is 10.2. The summed E-state index contributed by atoms with van der Waals surface area (Å²) in [4.78, 5) is 6.12. The van der Waals surface area contributed by atoms with E-state index in [1.165, 1.54) is 0 Å². The summed E-state index contributed by atoms with van der Waals surface area (Å²) < 4.78 is 63.6. The number of alkyl halides is 3. The van der Waals surface area contributed by atoms with Crippen LogP contribution in [0.15, 0.2) is 59.7 Å². The number of nitrogens with zero attached hydrogens (tertiary/aromatic N) is 3. The number of fused-ring (bicyclic) bond motifs is 1. The molecule has 2 aromatic carbocycles. The highest BCUT2D eigenvalue weighted by molar-refractivity contribution is 7.86. The highest BCUT2D eigenvalue weighted by Gasteiger charge is 2.30. The molecule has 0 saturated carbocycles. The van der Waals surface area contributed by atoms with E-state index >= 15 is 0 Å². The van der Waals surface area contributed by atoms with Crippen LogP contribution in [-0.2, 0) is 14.3 Å². The molecule has 0 saturated heterocycles. The van der Waals surface area contributed by atoms with Gasteiger partial charge in [0.25, 0.3) is 10.1 Å². The van der Waals surface area contributed by atoms with Crippen molar-refractivity contribution in [2.24, 2.45) is 5.10 Å². The Labute approximate surface area is 190 Å². The summed E-state index contributed by atoms with van der Waals surface area (Å²) in [6, 6.07) is 16.8. The van der Waals surface area contributed by atoms with Crippen LogP contribution in [0.4, 0.5) is 24.7 Å². The van der Waals surface area contributed by atoms with Gasteiger partial charge in [0.1, 0.15) is 5.82 Å². The van der Waals surface area contributed by atoms with Gasteiger partial charge in [-0.3, -0.25) is 9.61 Å². The predicted octanol–water partition coefficient (Wildman–Crippen LogP) is 4.33.